The number of hydrogen-bond acceptors (Lipinski definition) is 3. The van der Waals surface area contributed by atoms with Crippen LogP contribution >= 0.6 is 0 Å². The van der Waals surface area contributed by atoms with Crippen LogP contribution < -0.4 is 0 Å². The van der Waals surface area contributed by atoms with Crippen molar-refractivity contribution < 1.29 is 14.7 Å². The van der Waals surface area contributed by atoms with Gasteiger partial charge < -0.3 is 15.0 Å². The van der Waals surface area contributed by atoms with E-state index in [1.165, 1.54) is 11.2 Å². The van der Waals surface area contributed by atoms with Gasteiger partial charge in [0.25, 0.3) is 0 Å². The molecule has 6 heteroatoms. The van der Waals surface area contributed by atoms with E-state index in [0.29, 0.717) is 13.0 Å². The second-order valence-corrected chi connectivity index (χ2v) is 4.16. The number of H-pyrrole nitrogens is 1. The number of hydrogen-bond donors (Lipinski definition) is 2. The molecule has 0 spiro atoms. The minimum Gasteiger partial charge on any atom is -0.480 e. The van der Waals surface area contributed by atoms with E-state index in [1.54, 1.807) is 0 Å². The summed E-state index contributed by atoms with van der Waals surface area (Å²) >= 11 is 0. The summed E-state index contributed by atoms with van der Waals surface area (Å²) in [5, 5.41) is 9.16. The number of carbonyl (C=O) groups excluding carboxylic acids is 1. The fourth-order valence-corrected chi connectivity index (χ4v) is 2.08. The maximum atomic E-state index is 11.9. The highest BCUT2D eigenvalue weighted by molar-refractivity contribution is 5.84. The molecule has 0 bridgehead atoms. The lowest BCUT2D eigenvalue weighted by Gasteiger charge is -2.32. The zero-order chi connectivity index (χ0) is 12.4. The molecule has 1 atom stereocenters. The van der Waals surface area contributed by atoms with Crippen LogP contribution in [0.4, 0.5) is 0 Å². The van der Waals surface area contributed by atoms with Crippen LogP contribution in [0, 0.1) is 0 Å². The summed E-state index contributed by atoms with van der Waals surface area (Å²) in [6.45, 7) is 2.21. The Labute approximate surface area is 98.7 Å². The monoisotopic (exact) mass is 237 g/mol. The van der Waals surface area contributed by atoms with Crippen LogP contribution in [0.5, 0.6) is 0 Å². The standard InChI is InChI=1S/C11H15N3O3/c1-2-3-10(15)14-5-8-7(12-6-13-8)4-9(14)11(16)17/h6,9H,2-5H2,1H3,(H,12,13)(H,16,17). The highest BCUT2D eigenvalue weighted by Crippen LogP contribution is 2.21. The molecule has 17 heavy (non-hydrogen) atoms. The van der Waals surface area contributed by atoms with Gasteiger partial charge in [0.15, 0.2) is 0 Å². The van der Waals surface area contributed by atoms with E-state index in [2.05, 4.69) is 9.97 Å². The van der Waals surface area contributed by atoms with E-state index in [-0.39, 0.29) is 12.3 Å². The zero-order valence-corrected chi connectivity index (χ0v) is 9.64. The maximum absolute atomic E-state index is 11.9. The minimum absolute atomic E-state index is 0.111. The molecule has 1 aromatic rings. The highest BCUT2D eigenvalue weighted by Gasteiger charge is 2.35. The van der Waals surface area contributed by atoms with E-state index >= 15 is 0 Å². The van der Waals surface area contributed by atoms with Crippen molar-refractivity contribution in [3.05, 3.63) is 17.7 Å². The number of amides is 1. The van der Waals surface area contributed by atoms with Gasteiger partial charge in [-0.05, 0) is 6.42 Å². The van der Waals surface area contributed by atoms with Gasteiger partial charge in [-0.15, -0.1) is 0 Å². The third-order valence-corrected chi connectivity index (χ3v) is 2.97. The van der Waals surface area contributed by atoms with Gasteiger partial charge in [0.05, 0.1) is 24.3 Å². The van der Waals surface area contributed by atoms with Crippen LogP contribution in [-0.4, -0.2) is 37.9 Å². The molecule has 2 N–H and O–H groups in total. The van der Waals surface area contributed by atoms with Crippen molar-refractivity contribution >= 4 is 11.9 Å². The molecular weight excluding hydrogens is 222 g/mol. The van der Waals surface area contributed by atoms with E-state index in [1.807, 2.05) is 6.92 Å². The molecule has 2 heterocycles. The Morgan fingerprint density at radius 3 is 3.06 bits per heavy atom. The summed E-state index contributed by atoms with van der Waals surface area (Å²) < 4.78 is 0. The smallest absolute Gasteiger partial charge is 0.326 e. The summed E-state index contributed by atoms with van der Waals surface area (Å²) in [4.78, 5) is 31.5. The first-order valence-electron chi connectivity index (χ1n) is 5.67. The summed E-state index contributed by atoms with van der Waals surface area (Å²) in [7, 11) is 0. The van der Waals surface area contributed by atoms with Gasteiger partial charge in [0.1, 0.15) is 6.04 Å². The second kappa shape index (κ2) is 4.57. The molecule has 1 unspecified atom stereocenters. The predicted molar refractivity (Wildman–Crippen MR) is 59.2 cm³/mol. The number of nitrogens with zero attached hydrogens (tertiary/aromatic N) is 2. The van der Waals surface area contributed by atoms with Crippen molar-refractivity contribution in [1.29, 1.82) is 0 Å². The predicted octanol–water partition coefficient (Wildman–Crippen LogP) is 0.548. The Morgan fingerprint density at radius 2 is 2.41 bits per heavy atom. The van der Waals surface area contributed by atoms with Gasteiger partial charge >= 0.3 is 5.97 Å². The average molecular weight is 237 g/mol. The topological polar surface area (TPSA) is 86.3 Å². The van der Waals surface area contributed by atoms with Crippen LogP contribution in [0.3, 0.4) is 0 Å². The van der Waals surface area contributed by atoms with Gasteiger partial charge in [-0.25, -0.2) is 9.78 Å². The molecular formula is C11H15N3O3. The minimum atomic E-state index is -0.969. The number of carboxylic acids is 1. The van der Waals surface area contributed by atoms with Crippen molar-refractivity contribution in [2.75, 3.05) is 0 Å². The molecule has 0 saturated carbocycles. The summed E-state index contributed by atoms with van der Waals surface area (Å²) in [5.74, 6) is -1.08. The van der Waals surface area contributed by atoms with E-state index in [4.69, 9.17) is 5.11 Å². The van der Waals surface area contributed by atoms with Crippen molar-refractivity contribution in [3.63, 3.8) is 0 Å². The molecule has 0 fully saturated rings. The van der Waals surface area contributed by atoms with Gasteiger partial charge in [-0.3, -0.25) is 4.79 Å². The number of aliphatic carboxylic acids is 1. The number of imidazole rings is 1. The van der Waals surface area contributed by atoms with Crippen molar-refractivity contribution in [2.24, 2.45) is 0 Å². The number of aromatic amines is 1. The zero-order valence-electron chi connectivity index (χ0n) is 9.64. The van der Waals surface area contributed by atoms with Crippen molar-refractivity contribution in [2.45, 2.75) is 38.8 Å². The molecule has 1 amide bonds. The molecule has 1 aliphatic heterocycles. The SMILES string of the molecule is CCCC(=O)N1Cc2[nH]cnc2CC1C(=O)O. The number of carboxylic acid groups (broad SMARTS) is 1. The van der Waals surface area contributed by atoms with Crippen LogP contribution in [0.15, 0.2) is 6.33 Å². The second-order valence-electron chi connectivity index (χ2n) is 4.16. The lowest BCUT2D eigenvalue weighted by molar-refractivity contribution is -0.151. The van der Waals surface area contributed by atoms with Gasteiger partial charge in [-0.2, -0.15) is 0 Å². The molecule has 6 nitrogen and oxygen atoms in total. The third kappa shape index (κ3) is 2.15. The van der Waals surface area contributed by atoms with Crippen LogP contribution in [0.2, 0.25) is 0 Å². The number of fused-ring (bicyclic) bond motifs is 1. The lowest BCUT2D eigenvalue weighted by Crippen LogP contribution is -2.48. The van der Waals surface area contributed by atoms with E-state index in [0.717, 1.165) is 17.8 Å². The van der Waals surface area contributed by atoms with E-state index < -0.39 is 12.0 Å². The first-order chi connectivity index (χ1) is 8.13. The fraction of sp³-hybridized carbons (Fsp3) is 0.545. The summed E-state index contributed by atoms with van der Waals surface area (Å²) in [5.41, 5.74) is 1.59. The number of rotatable bonds is 3. The van der Waals surface area contributed by atoms with Gasteiger partial charge in [0, 0.05) is 12.8 Å². The first-order valence-corrected chi connectivity index (χ1v) is 5.67. The van der Waals surface area contributed by atoms with Crippen molar-refractivity contribution in [1.82, 2.24) is 14.9 Å². The summed E-state index contributed by atoms with van der Waals surface area (Å²) in [6.07, 6.45) is 2.92. The molecule has 92 valence electrons. The normalized spacial score (nSPS) is 18.9. The molecule has 1 aliphatic rings. The quantitative estimate of drug-likeness (QED) is 0.803. The maximum Gasteiger partial charge on any atom is 0.326 e. The molecule has 1 aromatic heterocycles. The third-order valence-electron chi connectivity index (χ3n) is 2.97. The van der Waals surface area contributed by atoms with Crippen molar-refractivity contribution in [3.8, 4) is 0 Å². The van der Waals surface area contributed by atoms with E-state index in [9.17, 15) is 9.59 Å². The summed E-state index contributed by atoms with van der Waals surface area (Å²) in [6, 6.07) is -0.787. The molecule has 0 aromatic carbocycles. The molecule has 0 aliphatic carbocycles. The van der Waals surface area contributed by atoms with Crippen LogP contribution in [0.25, 0.3) is 0 Å². The van der Waals surface area contributed by atoms with Crippen LogP contribution in [-0.2, 0) is 22.6 Å². The lowest BCUT2D eigenvalue weighted by atomic mass is 10.0. The van der Waals surface area contributed by atoms with Gasteiger partial charge in [0.2, 0.25) is 5.91 Å². The Bertz CT molecular complexity index is 441. The Morgan fingerprint density at radius 1 is 1.65 bits per heavy atom. The van der Waals surface area contributed by atoms with Crippen LogP contribution in [0.1, 0.15) is 31.2 Å². The fourth-order valence-electron chi connectivity index (χ4n) is 2.08. The Balaban J connectivity index is 2.24. The average Bonchev–Trinajstić information content (AvgIpc) is 2.74. The molecule has 0 saturated heterocycles. The largest absolute Gasteiger partial charge is 0.480 e. The first kappa shape index (κ1) is 11.6. The molecule has 2 rings (SSSR count). The highest BCUT2D eigenvalue weighted by atomic mass is 16.4. The molecule has 0 radical (unpaired) electrons. The Hall–Kier alpha value is -1.85. The Kier molecular flexibility index (Phi) is 3.12. The number of carbonyl (C=O) groups is 2. The number of aromatic nitrogens is 2. The number of nitrogens with one attached hydrogen (secondary N) is 1. The van der Waals surface area contributed by atoms with Gasteiger partial charge in [-0.1, -0.05) is 6.92 Å².